The van der Waals surface area contributed by atoms with Crippen LogP contribution >= 0.6 is 0 Å². The average molecular weight is 329 g/mol. The van der Waals surface area contributed by atoms with Crippen LogP contribution in [0, 0.1) is 18.3 Å². The van der Waals surface area contributed by atoms with E-state index < -0.39 is 5.41 Å². The van der Waals surface area contributed by atoms with Crippen molar-refractivity contribution < 1.29 is 14.3 Å². The van der Waals surface area contributed by atoms with Crippen molar-refractivity contribution in [2.75, 3.05) is 26.3 Å². The van der Waals surface area contributed by atoms with E-state index in [1.165, 1.54) is 12.8 Å². The molecule has 3 aliphatic rings. The second kappa shape index (κ2) is 5.55. The van der Waals surface area contributed by atoms with Gasteiger partial charge in [0.15, 0.2) is 0 Å². The summed E-state index contributed by atoms with van der Waals surface area (Å²) in [6, 6.07) is 3.85. The summed E-state index contributed by atoms with van der Waals surface area (Å²) < 4.78 is 5.51. The number of likely N-dealkylation sites (tertiary alicyclic amines) is 1. The molecule has 0 spiro atoms. The molecule has 2 saturated heterocycles. The van der Waals surface area contributed by atoms with Crippen molar-refractivity contribution >= 4 is 11.8 Å². The highest BCUT2D eigenvalue weighted by molar-refractivity contribution is 5.96. The van der Waals surface area contributed by atoms with E-state index in [4.69, 9.17) is 10.5 Å². The summed E-state index contributed by atoms with van der Waals surface area (Å²) in [5.74, 6) is 0.187. The molecule has 6 heteroatoms. The summed E-state index contributed by atoms with van der Waals surface area (Å²) in [5, 5.41) is 0. The molecule has 0 unspecified atom stereocenters. The standard InChI is InChI=1S/C18H23N3O3/c1-11-14(4-5-15(20-11)12-2-3-12)16(22)21-8-13-9-24-7-6-18(13,10-21)17(19)23/h4-5,12-13H,2-3,6-10H2,1H3,(H2,19,23)/t13-,18+/m1/s1. The van der Waals surface area contributed by atoms with Crippen molar-refractivity contribution in [3.63, 3.8) is 0 Å². The third kappa shape index (κ3) is 2.40. The number of rotatable bonds is 3. The van der Waals surface area contributed by atoms with Gasteiger partial charge in [0, 0.05) is 37.2 Å². The Morgan fingerprint density at radius 3 is 2.79 bits per heavy atom. The number of hydrogen-bond donors (Lipinski definition) is 1. The lowest BCUT2D eigenvalue weighted by Crippen LogP contribution is -2.48. The van der Waals surface area contributed by atoms with Crippen LogP contribution in [0.2, 0.25) is 0 Å². The van der Waals surface area contributed by atoms with Crippen LogP contribution in [-0.4, -0.2) is 48.0 Å². The van der Waals surface area contributed by atoms with Crippen molar-refractivity contribution in [3.05, 3.63) is 29.1 Å². The number of nitrogens with zero attached hydrogens (tertiary/aromatic N) is 2. The number of amides is 2. The highest BCUT2D eigenvalue weighted by atomic mass is 16.5. The molecule has 4 rings (SSSR count). The molecule has 1 aromatic rings. The van der Waals surface area contributed by atoms with Gasteiger partial charge in [-0.15, -0.1) is 0 Å². The molecule has 1 aromatic heterocycles. The minimum Gasteiger partial charge on any atom is -0.381 e. The van der Waals surface area contributed by atoms with Crippen LogP contribution in [0.15, 0.2) is 12.1 Å². The predicted octanol–water partition coefficient (Wildman–Crippen LogP) is 1.23. The van der Waals surface area contributed by atoms with Crippen molar-refractivity contribution in [1.82, 2.24) is 9.88 Å². The SMILES string of the molecule is Cc1nc(C2CC2)ccc1C(=O)N1C[C@@H]2COCC[C@]2(C(N)=O)C1. The summed E-state index contributed by atoms with van der Waals surface area (Å²) >= 11 is 0. The summed E-state index contributed by atoms with van der Waals surface area (Å²) in [6.45, 7) is 3.81. The Hall–Kier alpha value is -1.95. The molecule has 2 atom stereocenters. The van der Waals surface area contributed by atoms with Crippen LogP contribution in [0.1, 0.15) is 46.9 Å². The van der Waals surface area contributed by atoms with Crippen molar-refractivity contribution in [2.24, 2.45) is 17.1 Å². The summed E-state index contributed by atoms with van der Waals surface area (Å²) in [5.41, 5.74) is 7.53. The van der Waals surface area contributed by atoms with Crippen LogP contribution in [0.25, 0.3) is 0 Å². The van der Waals surface area contributed by atoms with Gasteiger partial charge in [-0.2, -0.15) is 0 Å². The lowest BCUT2D eigenvalue weighted by Gasteiger charge is -2.34. The zero-order valence-corrected chi connectivity index (χ0v) is 14.0. The maximum atomic E-state index is 13.0. The van der Waals surface area contributed by atoms with Gasteiger partial charge in [-0.3, -0.25) is 14.6 Å². The van der Waals surface area contributed by atoms with E-state index in [1.807, 2.05) is 19.1 Å². The van der Waals surface area contributed by atoms with Crippen LogP contribution in [0.5, 0.6) is 0 Å². The first-order valence-corrected chi connectivity index (χ1v) is 8.66. The predicted molar refractivity (Wildman–Crippen MR) is 87.4 cm³/mol. The number of carbonyl (C=O) groups excluding carboxylic acids is 2. The Morgan fingerprint density at radius 2 is 2.17 bits per heavy atom. The maximum absolute atomic E-state index is 13.0. The van der Waals surface area contributed by atoms with Gasteiger partial charge in [-0.25, -0.2) is 0 Å². The van der Waals surface area contributed by atoms with Gasteiger partial charge in [0.05, 0.1) is 23.3 Å². The molecule has 0 bridgehead atoms. The molecular formula is C18H23N3O3. The molecule has 2 N–H and O–H groups in total. The Labute approximate surface area is 141 Å². The second-order valence-corrected chi connectivity index (χ2v) is 7.37. The van der Waals surface area contributed by atoms with Crippen LogP contribution in [0.4, 0.5) is 0 Å². The third-order valence-electron chi connectivity index (χ3n) is 5.82. The lowest BCUT2D eigenvalue weighted by atomic mass is 9.74. The topological polar surface area (TPSA) is 85.5 Å². The molecule has 1 saturated carbocycles. The normalized spacial score (nSPS) is 29.4. The molecule has 3 fully saturated rings. The van der Waals surface area contributed by atoms with E-state index >= 15 is 0 Å². The zero-order chi connectivity index (χ0) is 16.9. The largest absolute Gasteiger partial charge is 0.381 e. The first-order valence-electron chi connectivity index (χ1n) is 8.66. The maximum Gasteiger partial charge on any atom is 0.255 e. The van der Waals surface area contributed by atoms with Gasteiger partial charge in [0.1, 0.15) is 0 Å². The van der Waals surface area contributed by atoms with E-state index in [2.05, 4.69) is 4.98 Å². The van der Waals surface area contributed by atoms with E-state index in [0.29, 0.717) is 44.2 Å². The van der Waals surface area contributed by atoms with Gasteiger partial charge >= 0.3 is 0 Å². The smallest absolute Gasteiger partial charge is 0.255 e. The number of pyridine rings is 1. The molecule has 128 valence electrons. The molecule has 3 heterocycles. The van der Waals surface area contributed by atoms with Gasteiger partial charge in [0.2, 0.25) is 5.91 Å². The lowest BCUT2D eigenvalue weighted by molar-refractivity contribution is -0.135. The van der Waals surface area contributed by atoms with Crippen molar-refractivity contribution in [3.8, 4) is 0 Å². The molecule has 1 aliphatic carbocycles. The Bertz CT molecular complexity index is 701. The highest BCUT2D eigenvalue weighted by Crippen LogP contribution is 2.43. The third-order valence-corrected chi connectivity index (χ3v) is 5.82. The van der Waals surface area contributed by atoms with Gasteiger partial charge < -0.3 is 15.4 Å². The van der Waals surface area contributed by atoms with Crippen LogP contribution in [-0.2, 0) is 9.53 Å². The summed E-state index contributed by atoms with van der Waals surface area (Å²) in [4.78, 5) is 31.4. The number of carbonyl (C=O) groups is 2. The van der Waals surface area contributed by atoms with Crippen LogP contribution < -0.4 is 5.73 Å². The highest BCUT2D eigenvalue weighted by Gasteiger charge is 2.53. The minimum atomic E-state index is -0.636. The molecular weight excluding hydrogens is 306 g/mol. The van der Waals surface area contributed by atoms with E-state index in [0.717, 1.165) is 11.4 Å². The molecule has 0 radical (unpaired) electrons. The van der Waals surface area contributed by atoms with Gasteiger partial charge in [0.25, 0.3) is 5.91 Å². The van der Waals surface area contributed by atoms with E-state index in [9.17, 15) is 9.59 Å². The number of aryl methyl sites for hydroxylation is 1. The molecule has 24 heavy (non-hydrogen) atoms. The van der Waals surface area contributed by atoms with Crippen molar-refractivity contribution in [2.45, 2.75) is 32.1 Å². The van der Waals surface area contributed by atoms with E-state index in [1.54, 1.807) is 4.90 Å². The Balaban J connectivity index is 1.58. The van der Waals surface area contributed by atoms with Crippen molar-refractivity contribution in [1.29, 1.82) is 0 Å². The monoisotopic (exact) mass is 329 g/mol. The quantitative estimate of drug-likeness (QED) is 0.904. The number of fused-ring (bicyclic) bond motifs is 1. The average Bonchev–Trinajstić information content (AvgIpc) is 3.33. The first-order chi connectivity index (χ1) is 11.5. The first kappa shape index (κ1) is 15.6. The van der Waals surface area contributed by atoms with Crippen LogP contribution in [0.3, 0.4) is 0 Å². The number of nitrogens with two attached hydrogens (primary N) is 1. The van der Waals surface area contributed by atoms with Gasteiger partial charge in [-0.1, -0.05) is 0 Å². The zero-order valence-electron chi connectivity index (χ0n) is 14.0. The number of primary amides is 1. The summed E-state index contributed by atoms with van der Waals surface area (Å²) in [7, 11) is 0. The molecule has 0 aromatic carbocycles. The molecule has 2 amide bonds. The van der Waals surface area contributed by atoms with Gasteiger partial charge in [-0.05, 0) is 38.3 Å². The Kier molecular flexibility index (Phi) is 3.60. The fraction of sp³-hybridized carbons (Fsp3) is 0.611. The molecule has 6 nitrogen and oxygen atoms in total. The number of hydrogen-bond acceptors (Lipinski definition) is 4. The minimum absolute atomic E-state index is 0.00768. The summed E-state index contributed by atoms with van der Waals surface area (Å²) in [6.07, 6.45) is 2.97. The number of aromatic nitrogens is 1. The number of ether oxygens (including phenoxy) is 1. The van der Waals surface area contributed by atoms with E-state index in [-0.39, 0.29) is 17.7 Å². The molecule has 2 aliphatic heterocycles. The Morgan fingerprint density at radius 1 is 1.38 bits per heavy atom. The fourth-order valence-corrected chi connectivity index (χ4v) is 4.09. The second-order valence-electron chi connectivity index (χ2n) is 7.37. The fourth-order valence-electron chi connectivity index (χ4n) is 4.09.